The summed E-state index contributed by atoms with van der Waals surface area (Å²) in [7, 11) is 1.77. The molecule has 0 aliphatic carbocycles. The maximum atomic E-state index is 12.4. The van der Waals surface area contributed by atoms with Gasteiger partial charge in [-0.2, -0.15) is 0 Å². The highest BCUT2D eigenvalue weighted by atomic mass is 32.1. The highest BCUT2D eigenvalue weighted by molar-refractivity contribution is 7.10. The van der Waals surface area contributed by atoms with Gasteiger partial charge in [0.1, 0.15) is 0 Å². The Balaban J connectivity index is 1.70. The fraction of sp³-hybridized carbons (Fsp3) is 0.538. The lowest BCUT2D eigenvalue weighted by atomic mass is 10.0. The molecule has 2 aliphatic rings. The molecule has 1 saturated heterocycles. The van der Waals surface area contributed by atoms with Crippen LogP contribution in [0, 0.1) is 5.92 Å². The van der Waals surface area contributed by atoms with Crippen molar-refractivity contribution in [1.29, 1.82) is 0 Å². The van der Waals surface area contributed by atoms with Gasteiger partial charge in [0.15, 0.2) is 0 Å². The van der Waals surface area contributed by atoms with Crippen molar-refractivity contribution in [2.24, 2.45) is 5.92 Å². The molecule has 1 fully saturated rings. The number of rotatable bonds is 1. The summed E-state index contributed by atoms with van der Waals surface area (Å²) in [6, 6.07) is 2.10. The minimum atomic E-state index is -0.136. The van der Waals surface area contributed by atoms with Gasteiger partial charge < -0.3 is 9.80 Å². The molecule has 5 heteroatoms. The van der Waals surface area contributed by atoms with Crippen molar-refractivity contribution in [3.05, 3.63) is 21.9 Å². The molecule has 0 radical (unpaired) electrons. The third-order valence-corrected chi connectivity index (χ3v) is 4.83. The van der Waals surface area contributed by atoms with Crippen molar-refractivity contribution >= 4 is 23.2 Å². The first-order valence-corrected chi connectivity index (χ1v) is 7.11. The van der Waals surface area contributed by atoms with Crippen molar-refractivity contribution < 1.29 is 9.59 Å². The van der Waals surface area contributed by atoms with E-state index in [1.807, 2.05) is 4.90 Å². The molecule has 0 spiro atoms. The van der Waals surface area contributed by atoms with Crippen molar-refractivity contribution in [2.45, 2.75) is 19.4 Å². The summed E-state index contributed by atoms with van der Waals surface area (Å²) in [5.41, 5.74) is 1.28. The first-order chi connectivity index (χ1) is 8.65. The van der Waals surface area contributed by atoms with Gasteiger partial charge >= 0.3 is 0 Å². The summed E-state index contributed by atoms with van der Waals surface area (Å²) in [6.07, 6.45) is 1.33. The van der Waals surface area contributed by atoms with E-state index < -0.39 is 0 Å². The molecular weight excluding hydrogens is 248 g/mol. The highest BCUT2D eigenvalue weighted by Crippen LogP contribution is 2.26. The summed E-state index contributed by atoms with van der Waals surface area (Å²) >= 11 is 1.77. The molecule has 1 atom stereocenters. The zero-order valence-corrected chi connectivity index (χ0v) is 11.2. The van der Waals surface area contributed by atoms with Gasteiger partial charge in [0.2, 0.25) is 11.8 Å². The molecule has 1 aromatic rings. The summed E-state index contributed by atoms with van der Waals surface area (Å²) in [5.74, 6) is 0.0915. The van der Waals surface area contributed by atoms with Crippen molar-refractivity contribution in [2.75, 3.05) is 20.1 Å². The molecule has 4 nitrogen and oxygen atoms in total. The maximum absolute atomic E-state index is 12.4. The molecule has 96 valence electrons. The van der Waals surface area contributed by atoms with Gasteiger partial charge in [-0.3, -0.25) is 9.59 Å². The first kappa shape index (κ1) is 11.7. The second kappa shape index (κ2) is 4.39. The largest absolute Gasteiger partial charge is 0.345 e. The SMILES string of the molecule is CN1CC(C(=O)N2CCc3sccc3C2)CC1=O. The van der Waals surface area contributed by atoms with Crippen molar-refractivity contribution in [1.82, 2.24) is 9.80 Å². The Hall–Kier alpha value is -1.36. The predicted molar refractivity (Wildman–Crippen MR) is 69.2 cm³/mol. The minimum absolute atomic E-state index is 0.0848. The summed E-state index contributed by atoms with van der Waals surface area (Å²) in [6.45, 7) is 2.08. The lowest BCUT2D eigenvalue weighted by molar-refractivity contribution is -0.136. The lowest BCUT2D eigenvalue weighted by Gasteiger charge is -2.29. The predicted octanol–water partition coefficient (Wildman–Crippen LogP) is 1.11. The van der Waals surface area contributed by atoms with Crippen LogP contribution in [-0.4, -0.2) is 41.8 Å². The number of hydrogen-bond acceptors (Lipinski definition) is 3. The van der Waals surface area contributed by atoms with E-state index in [-0.39, 0.29) is 17.7 Å². The average molecular weight is 264 g/mol. The number of fused-ring (bicyclic) bond motifs is 1. The van der Waals surface area contributed by atoms with Gasteiger partial charge in [-0.05, 0) is 23.4 Å². The van der Waals surface area contributed by atoms with Gasteiger partial charge in [0, 0.05) is 38.0 Å². The molecule has 0 aromatic carbocycles. The van der Waals surface area contributed by atoms with Crippen LogP contribution in [0.1, 0.15) is 16.9 Å². The van der Waals surface area contributed by atoms with E-state index in [9.17, 15) is 9.59 Å². The molecule has 1 unspecified atom stereocenters. The van der Waals surface area contributed by atoms with E-state index in [0.29, 0.717) is 19.5 Å². The van der Waals surface area contributed by atoms with Crippen LogP contribution >= 0.6 is 11.3 Å². The van der Waals surface area contributed by atoms with Gasteiger partial charge in [0.05, 0.1) is 5.92 Å². The van der Waals surface area contributed by atoms with E-state index >= 15 is 0 Å². The van der Waals surface area contributed by atoms with Crippen molar-refractivity contribution in [3.8, 4) is 0 Å². The molecule has 0 bridgehead atoms. The lowest BCUT2D eigenvalue weighted by Crippen LogP contribution is -2.40. The Morgan fingerprint density at radius 2 is 2.33 bits per heavy atom. The summed E-state index contributed by atoms with van der Waals surface area (Å²) in [5, 5.41) is 2.09. The molecule has 3 rings (SSSR count). The fourth-order valence-corrected chi connectivity index (χ4v) is 3.61. The quantitative estimate of drug-likeness (QED) is 0.762. The fourth-order valence-electron chi connectivity index (χ4n) is 2.72. The normalized spacial score (nSPS) is 23.4. The molecule has 18 heavy (non-hydrogen) atoms. The number of nitrogens with zero attached hydrogens (tertiary/aromatic N) is 2. The van der Waals surface area contributed by atoms with Gasteiger partial charge in [-0.25, -0.2) is 0 Å². The smallest absolute Gasteiger partial charge is 0.228 e. The second-order valence-electron chi connectivity index (χ2n) is 5.05. The Morgan fingerprint density at radius 1 is 1.50 bits per heavy atom. The number of thiophene rings is 1. The van der Waals surface area contributed by atoms with Gasteiger partial charge in [0.25, 0.3) is 0 Å². The standard InChI is InChI=1S/C13H16N2O2S/c1-14-7-10(6-12(14)16)13(17)15-4-2-11-9(8-15)3-5-18-11/h3,5,10H,2,4,6-8H2,1H3. The first-order valence-electron chi connectivity index (χ1n) is 6.23. The van der Waals surface area contributed by atoms with Gasteiger partial charge in [-0.1, -0.05) is 0 Å². The Bertz CT molecular complexity index is 497. The van der Waals surface area contributed by atoms with Crippen molar-refractivity contribution in [3.63, 3.8) is 0 Å². The summed E-state index contributed by atoms with van der Waals surface area (Å²) < 4.78 is 0. The van der Waals surface area contributed by atoms with E-state index in [4.69, 9.17) is 0 Å². The van der Waals surface area contributed by atoms with Crippen LogP contribution in [0.2, 0.25) is 0 Å². The molecule has 1 aromatic heterocycles. The Morgan fingerprint density at radius 3 is 3.06 bits per heavy atom. The third kappa shape index (κ3) is 1.92. The van der Waals surface area contributed by atoms with Crippen LogP contribution in [0.3, 0.4) is 0 Å². The molecule has 2 amide bonds. The zero-order valence-electron chi connectivity index (χ0n) is 10.4. The number of hydrogen-bond donors (Lipinski definition) is 0. The number of carbonyl (C=O) groups excluding carboxylic acids is 2. The Labute approximate surface area is 110 Å². The van der Waals surface area contributed by atoms with E-state index in [2.05, 4.69) is 11.4 Å². The molecular formula is C13H16N2O2S. The van der Waals surface area contributed by atoms with Crippen LogP contribution in [-0.2, 0) is 22.6 Å². The summed E-state index contributed by atoms with van der Waals surface area (Å²) in [4.78, 5) is 28.8. The van der Waals surface area contributed by atoms with Crippen LogP contribution in [0.15, 0.2) is 11.4 Å². The van der Waals surface area contributed by atoms with Crippen LogP contribution < -0.4 is 0 Å². The third-order valence-electron chi connectivity index (χ3n) is 3.81. The van der Waals surface area contributed by atoms with Crippen LogP contribution in [0.4, 0.5) is 0 Å². The molecule has 3 heterocycles. The van der Waals surface area contributed by atoms with E-state index in [1.165, 1.54) is 10.4 Å². The molecule has 0 saturated carbocycles. The number of carbonyl (C=O) groups is 2. The number of likely N-dealkylation sites (tertiary alicyclic amines) is 1. The second-order valence-corrected chi connectivity index (χ2v) is 6.05. The average Bonchev–Trinajstić information content (AvgIpc) is 2.95. The Kier molecular flexibility index (Phi) is 2.86. The maximum Gasteiger partial charge on any atom is 0.228 e. The molecule has 0 N–H and O–H groups in total. The van der Waals surface area contributed by atoms with E-state index in [1.54, 1.807) is 23.3 Å². The topological polar surface area (TPSA) is 40.6 Å². The van der Waals surface area contributed by atoms with Gasteiger partial charge in [-0.15, -0.1) is 11.3 Å². The van der Waals surface area contributed by atoms with E-state index in [0.717, 1.165) is 13.0 Å². The van der Waals surface area contributed by atoms with Crippen LogP contribution in [0.5, 0.6) is 0 Å². The molecule has 2 aliphatic heterocycles. The highest BCUT2D eigenvalue weighted by Gasteiger charge is 2.35. The number of amides is 2. The van der Waals surface area contributed by atoms with Crippen LogP contribution in [0.25, 0.3) is 0 Å². The monoisotopic (exact) mass is 264 g/mol. The minimum Gasteiger partial charge on any atom is -0.345 e. The zero-order chi connectivity index (χ0) is 12.7.